The predicted molar refractivity (Wildman–Crippen MR) is 80.2 cm³/mol. The molecule has 0 radical (unpaired) electrons. The molecule has 0 aliphatic heterocycles. The lowest BCUT2D eigenvalue weighted by molar-refractivity contribution is -0.137. The van der Waals surface area contributed by atoms with E-state index >= 15 is 0 Å². The van der Waals surface area contributed by atoms with Gasteiger partial charge in [0.15, 0.2) is 14.9 Å². The molecular weight excluding hydrogens is 329 g/mol. The van der Waals surface area contributed by atoms with Crippen LogP contribution in [0.25, 0.3) is 10.9 Å². The Morgan fingerprint density at radius 2 is 1.91 bits per heavy atom. The maximum absolute atomic E-state index is 12.5. The Labute approximate surface area is 129 Å². The monoisotopic (exact) mass is 340 g/mol. The zero-order chi connectivity index (χ0) is 16.7. The Hall–Kier alpha value is -2.39. The fourth-order valence-corrected chi connectivity index (χ4v) is 3.05. The van der Waals surface area contributed by atoms with Crippen LogP contribution in [0.2, 0.25) is 0 Å². The lowest BCUT2D eigenvalue weighted by Gasteiger charge is -2.07. The van der Waals surface area contributed by atoms with Gasteiger partial charge < -0.3 is 4.98 Å². The number of hydrogen-bond donors (Lipinski definition) is 2. The molecule has 2 heterocycles. The molecule has 3 aromatic rings. The smallest absolute Gasteiger partial charge is 0.359 e. The summed E-state index contributed by atoms with van der Waals surface area (Å²) in [5.41, 5.74) is 0.195. The van der Waals surface area contributed by atoms with Gasteiger partial charge in [-0.05, 0) is 18.2 Å². The second-order valence-electron chi connectivity index (χ2n) is 4.76. The number of alkyl halides is 3. The maximum Gasteiger partial charge on any atom is 0.417 e. The average Bonchev–Trinajstić information content (AvgIpc) is 2.89. The zero-order valence-corrected chi connectivity index (χ0v) is 12.4. The third-order valence-corrected chi connectivity index (χ3v) is 4.47. The molecule has 0 aliphatic rings. The van der Waals surface area contributed by atoms with Gasteiger partial charge in [0.05, 0.1) is 11.3 Å². The highest BCUT2D eigenvalue weighted by Gasteiger charge is 2.31. The molecule has 23 heavy (non-hydrogen) atoms. The number of rotatable bonds is 2. The standard InChI is InChI=1S/C14H11F3N4OS/c15-14(16,17)9-5-6-13(20-7-9)23(18,22)21-12-8-19-11-4-2-1-3-10(11)12/h1-8,19H,(H2,18,21,22). The van der Waals surface area contributed by atoms with E-state index in [2.05, 4.69) is 14.3 Å². The van der Waals surface area contributed by atoms with Gasteiger partial charge in [0.1, 0.15) is 0 Å². The minimum atomic E-state index is -4.52. The SMILES string of the molecule is NS(=O)(=Nc1c[nH]c2ccccc12)c1ccc(C(F)(F)F)cn1. The summed E-state index contributed by atoms with van der Waals surface area (Å²) in [6, 6.07) is 8.93. The van der Waals surface area contributed by atoms with Gasteiger partial charge in [-0.2, -0.15) is 17.5 Å². The Bertz CT molecular complexity index is 970. The number of halogens is 3. The van der Waals surface area contributed by atoms with Crippen LogP contribution < -0.4 is 5.14 Å². The number of para-hydroxylation sites is 1. The van der Waals surface area contributed by atoms with Gasteiger partial charge in [-0.1, -0.05) is 18.2 Å². The molecule has 0 spiro atoms. The van der Waals surface area contributed by atoms with Crippen LogP contribution >= 0.6 is 0 Å². The van der Waals surface area contributed by atoms with E-state index in [0.29, 0.717) is 17.3 Å². The topological polar surface area (TPSA) is 84.1 Å². The van der Waals surface area contributed by atoms with Gasteiger partial charge >= 0.3 is 6.18 Å². The highest BCUT2D eigenvalue weighted by Crippen LogP contribution is 2.30. The number of nitrogens with two attached hydrogens (primary N) is 1. The van der Waals surface area contributed by atoms with Crippen LogP contribution in [0.5, 0.6) is 0 Å². The average molecular weight is 340 g/mol. The van der Waals surface area contributed by atoms with Crippen molar-refractivity contribution in [1.29, 1.82) is 0 Å². The van der Waals surface area contributed by atoms with Crippen molar-refractivity contribution < 1.29 is 17.4 Å². The van der Waals surface area contributed by atoms with Crippen molar-refractivity contribution in [2.24, 2.45) is 9.50 Å². The quantitative estimate of drug-likeness (QED) is 0.747. The van der Waals surface area contributed by atoms with Crippen LogP contribution in [0.1, 0.15) is 5.56 Å². The number of nitrogens with one attached hydrogen (secondary N) is 1. The summed E-state index contributed by atoms with van der Waals surface area (Å²) in [6.07, 6.45) is -2.40. The molecule has 0 saturated carbocycles. The maximum atomic E-state index is 12.5. The van der Waals surface area contributed by atoms with Crippen molar-refractivity contribution in [3.63, 3.8) is 0 Å². The molecule has 0 saturated heterocycles. The molecule has 0 aliphatic carbocycles. The first-order valence-electron chi connectivity index (χ1n) is 6.42. The van der Waals surface area contributed by atoms with Gasteiger partial charge in [0.2, 0.25) is 0 Å². The Morgan fingerprint density at radius 1 is 1.17 bits per heavy atom. The van der Waals surface area contributed by atoms with Gasteiger partial charge in [-0.15, -0.1) is 0 Å². The number of hydrogen-bond acceptors (Lipinski definition) is 3. The summed E-state index contributed by atoms with van der Waals surface area (Å²) in [4.78, 5) is 6.50. The minimum absolute atomic E-state index is 0.212. The first kappa shape index (κ1) is 15.5. The summed E-state index contributed by atoms with van der Waals surface area (Å²) in [5.74, 6) is 0. The molecule has 5 nitrogen and oxygen atoms in total. The van der Waals surface area contributed by atoms with Crippen LogP contribution in [-0.4, -0.2) is 14.2 Å². The van der Waals surface area contributed by atoms with E-state index in [1.165, 1.54) is 6.20 Å². The first-order valence-corrected chi connectivity index (χ1v) is 7.99. The van der Waals surface area contributed by atoms with Crippen LogP contribution in [0.4, 0.5) is 18.9 Å². The van der Waals surface area contributed by atoms with Crippen LogP contribution in [0, 0.1) is 0 Å². The Balaban J connectivity index is 2.05. The fourth-order valence-electron chi connectivity index (χ4n) is 2.05. The molecule has 3 rings (SSSR count). The molecule has 0 amide bonds. The van der Waals surface area contributed by atoms with Crippen LogP contribution in [0.3, 0.4) is 0 Å². The van der Waals surface area contributed by atoms with E-state index in [0.717, 1.165) is 17.6 Å². The molecule has 9 heteroatoms. The summed E-state index contributed by atoms with van der Waals surface area (Å²) in [6.45, 7) is 0. The van der Waals surface area contributed by atoms with Crippen molar-refractivity contribution in [3.8, 4) is 0 Å². The van der Waals surface area contributed by atoms with E-state index in [4.69, 9.17) is 5.14 Å². The summed E-state index contributed by atoms with van der Waals surface area (Å²) >= 11 is 0. The highest BCUT2D eigenvalue weighted by molar-refractivity contribution is 7.91. The first-order chi connectivity index (χ1) is 10.8. The molecule has 1 atom stereocenters. The van der Waals surface area contributed by atoms with Gasteiger partial charge in [-0.3, -0.25) is 0 Å². The van der Waals surface area contributed by atoms with E-state index < -0.39 is 21.7 Å². The van der Waals surface area contributed by atoms with Gasteiger partial charge in [0.25, 0.3) is 0 Å². The van der Waals surface area contributed by atoms with Crippen LogP contribution in [0.15, 0.2) is 58.2 Å². The number of fused-ring (bicyclic) bond motifs is 1. The summed E-state index contributed by atoms with van der Waals surface area (Å²) in [5, 5.41) is 6.18. The number of H-pyrrole nitrogens is 1. The third kappa shape index (κ3) is 3.06. The number of aromatic nitrogens is 2. The van der Waals surface area contributed by atoms with Crippen molar-refractivity contribution in [2.75, 3.05) is 0 Å². The lowest BCUT2D eigenvalue weighted by atomic mass is 10.2. The van der Waals surface area contributed by atoms with E-state index in [1.807, 2.05) is 12.1 Å². The van der Waals surface area contributed by atoms with Crippen molar-refractivity contribution in [2.45, 2.75) is 11.2 Å². The molecule has 2 aromatic heterocycles. The molecule has 120 valence electrons. The summed E-state index contributed by atoms with van der Waals surface area (Å²) in [7, 11) is -3.46. The predicted octanol–water partition coefficient (Wildman–Crippen LogP) is 3.61. The van der Waals surface area contributed by atoms with E-state index in [-0.39, 0.29) is 5.03 Å². The van der Waals surface area contributed by atoms with Gasteiger partial charge in [-0.25, -0.2) is 14.3 Å². The number of nitrogens with zero attached hydrogens (tertiary/aromatic N) is 2. The summed E-state index contributed by atoms with van der Waals surface area (Å²) < 4.78 is 54.1. The molecular formula is C14H11F3N4OS. The lowest BCUT2D eigenvalue weighted by Crippen LogP contribution is -2.15. The molecule has 0 fully saturated rings. The second kappa shape index (κ2) is 5.36. The molecule has 3 N–H and O–H groups in total. The normalized spacial score (nSPS) is 14.6. The minimum Gasteiger partial charge on any atom is -0.359 e. The van der Waals surface area contributed by atoms with Gasteiger partial charge in [0, 0.05) is 23.3 Å². The van der Waals surface area contributed by atoms with Crippen molar-refractivity contribution in [3.05, 3.63) is 54.4 Å². The third-order valence-electron chi connectivity index (χ3n) is 3.16. The number of benzene rings is 1. The number of pyridine rings is 1. The van der Waals surface area contributed by atoms with E-state index in [1.54, 1.807) is 12.1 Å². The van der Waals surface area contributed by atoms with Crippen LogP contribution in [-0.2, 0) is 16.1 Å². The molecule has 1 unspecified atom stereocenters. The Morgan fingerprint density at radius 3 is 2.57 bits per heavy atom. The number of aromatic amines is 1. The zero-order valence-electron chi connectivity index (χ0n) is 11.5. The van der Waals surface area contributed by atoms with Crippen molar-refractivity contribution in [1.82, 2.24) is 9.97 Å². The fraction of sp³-hybridized carbons (Fsp3) is 0.0714. The Kier molecular flexibility index (Phi) is 3.61. The second-order valence-corrected chi connectivity index (χ2v) is 6.50. The van der Waals surface area contributed by atoms with Crippen molar-refractivity contribution >= 4 is 26.5 Å². The molecule has 1 aromatic carbocycles. The molecule has 0 bridgehead atoms. The van der Waals surface area contributed by atoms with E-state index in [9.17, 15) is 17.4 Å². The highest BCUT2D eigenvalue weighted by atomic mass is 32.2. The largest absolute Gasteiger partial charge is 0.417 e.